The van der Waals surface area contributed by atoms with Crippen molar-refractivity contribution < 1.29 is 4.79 Å². The number of carbonyl (C=O) groups is 1. The molecule has 0 aliphatic rings. The van der Waals surface area contributed by atoms with E-state index in [1.807, 2.05) is 12.1 Å². The van der Waals surface area contributed by atoms with Crippen molar-refractivity contribution >= 4 is 17.9 Å². The lowest BCUT2D eigenvalue weighted by Gasteiger charge is -2.30. The lowest BCUT2D eigenvalue weighted by atomic mass is 9.74. The van der Waals surface area contributed by atoms with Crippen molar-refractivity contribution in [2.45, 2.75) is 71.6 Å². The fraction of sp³-hybridized carbons (Fsp3) is 0.571. The quantitative estimate of drug-likeness (QED) is 0.342. The third kappa shape index (κ3) is 6.14. The zero-order chi connectivity index (χ0) is 17.3. The standard InChI is InChI=1S/C21H31ClO/c1-5-7-13-20(3,16-17-23)14-15-21(4,12-6-2)18-8-10-19(22)11-9-18/h8-11,14-15,17H,5-7,12-13,16H2,1-4H3/b15-14+/t20-,21-/m0/s1. The Hall–Kier alpha value is -1.08. The summed E-state index contributed by atoms with van der Waals surface area (Å²) in [5.41, 5.74) is 1.22. The molecule has 0 unspecified atom stereocenters. The fourth-order valence-corrected chi connectivity index (χ4v) is 3.21. The van der Waals surface area contributed by atoms with Crippen LogP contribution in [0.25, 0.3) is 0 Å². The highest BCUT2D eigenvalue weighted by Gasteiger charge is 2.26. The summed E-state index contributed by atoms with van der Waals surface area (Å²) in [6.45, 7) is 8.88. The molecule has 1 aromatic carbocycles. The molecule has 0 aliphatic heterocycles. The van der Waals surface area contributed by atoms with Gasteiger partial charge in [0.25, 0.3) is 0 Å². The van der Waals surface area contributed by atoms with Crippen molar-refractivity contribution in [3.63, 3.8) is 0 Å². The average molecular weight is 335 g/mol. The average Bonchev–Trinajstić information content (AvgIpc) is 2.52. The third-order valence-corrected chi connectivity index (χ3v) is 5.03. The molecule has 1 rings (SSSR count). The van der Waals surface area contributed by atoms with Crippen LogP contribution in [0.1, 0.15) is 71.8 Å². The number of hydrogen-bond donors (Lipinski definition) is 0. The Bertz CT molecular complexity index is 505. The first-order valence-electron chi connectivity index (χ1n) is 8.79. The molecule has 0 amide bonds. The molecule has 1 nitrogen and oxygen atoms in total. The highest BCUT2D eigenvalue weighted by atomic mass is 35.5. The highest BCUT2D eigenvalue weighted by Crippen LogP contribution is 2.36. The van der Waals surface area contributed by atoms with Crippen LogP contribution >= 0.6 is 11.6 Å². The van der Waals surface area contributed by atoms with Gasteiger partial charge in [0, 0.05) is 16.9 Å². The largest absolute Gasteiger partial charge is 0.303 e. The molecule has 0 N–H and O–H groups in total. The van der Waals surface area contributed by atoms with Gasteiger partial charge in [-0.05, 0) is 36.0 Å². The Morgan fingerprint density at radius 1 is 1.00 bits per heavy atom. The number of halogens is 1. The molecule has 0 aromatic heterocycles. The van der Waals surface area contributed by atoms with Gasteiger partial charge in [0.15, 0.2) is 0 Å². The second-order valence-corrected chi connectivity index (χ2v) is 7.57. The maximum Gasteiger partial charge on any atom is 0.120 e. The van der Waals surface area contributed by atoms with Crippen LogP contribution in [-0.2, 0) is 10.2 Å². The molecule has 0 aliphatic carbocycles. The number of aldehydes is 1. The molecule has 0 saturated heterocycles. The van der Waals surface area contributed by atoms with Crippen molar-refractivity contribution in [3.8, 4) is 0 Å². The Morgan fingerprint density at radius 2 is 1.65 bits per heavy atom. The molecule has 0 saturated carbocycles. The predicted octanol–water partition coefficient (Wildman–Crippen LogP) is 6.74. The molecule has 0 heterocycles. The minimum Gasteiger partial charge on any atom is -0.303 e. The van der Waals surface area contributed by atoms with E-state index in [9.17, 15) is 4.79 Å². The lowest BCUT2D eigenvalue weighted by Crippen LogP contribution is -2.21. The lowest BCUT2D eigenvalue weighted by molar-refractivity contribution is -0.109. The van der Waals surface area contributed by atoms with E-state index < -0.39 is 0 Å². The molecular weight excluding hydrogens is 304 g/mol. The maximum absolute atomic E-state index is 11.1. The SMILES string of the molecule is CCCC[C@@](C)(/C=C/[C@](C)(CCC)c1ccc(Cl)cc1)CC=O. The summed E-state index contributed by atoms with van der Waals surface area (Å²) in [6, 6.07) is 8.15. The zero-order valence-corrected chi connectivity index (χ0v) is 15.8. The van der Waals surface area contributed by atoms with Crippen molar-refractivity contribution in [2.24, 2.45) is 5.41 Å². The van der Waals surface area contributed by atoms with E-state index in [1.54, 1.807) is 0 Å². The normalized spacial score (nSPS) is 16.9. The van der Waals surface area contributed by atoms with Crippen LogP contribution < -0.4 is 0 Å². The van der Waals surface area contributed by atoms with Crippen molar-refractivity contribution in [2.75, 3.05) is 0 Å². The second-order valence-electron chi connectivity index (χ2n) is 7.14. The Kier molecular flexibility index (Phi) is 8.05. The van der Waals surface area contributed by atoms with Crippen LogP contribution in [0.15, 0.2) is 36.4 Å². The number of rotatable bonds is 10. The minimum absolute atomic E-state index is 0.0182. The van der Waals surface area contributed by atoms with Crippen LogP contribution in [0.3, 0.4) is 0 Å². The first kappa shape index (κ1) is 20.0. The Labute approximate surface area is 147 Å². The van der Waals surface area contributed by atoms with Gasteiger partial charge in [-0.3, -0.25) is 0 Å². The topological polar surface area (TPSA) is 17.1 Å². The van der Waals surface area contributed by atoms with Crippen molar-refractivity contribution in [1.29, 1.82) is 0 Å². The highest BCUT2D eigenvalue weighted by molar-refractivity contribution is 6.30. The monoisotopic (exact) mass is 334 g/mol. The van der Waals surface area contributed by atoms with Gasteiger partial charge < -0.3 is 4.79 Å². The molecule has 0 bridgehead atoms. The van der Waals surface area contributed by atoms with Crippen LogP contribution in [0, 0.1) is 5.41 Å². The van der Waals surface area contributed by atoms with E-state index in [0.717, 1.165) is 43.4 Å². The second kappa shape index (κ2) is 9.27. The smallest absolute Gasteiger partial charge is 0.120 e. The summed E-state index contributed by atoms with van der Waals surface area (Å²) in [7, 11) is 0. The van der Waals surface area contributed by atoms with E-state index >= 15 is 0 Å². The summed E-state index contributed by atoms with van der Waals surface area (Å²) < 4.78 is 0. The Balaban J connectivity index is 3.07. The summed E-state index contributed by atoms with van der Waals surface area (Å²) in [5, 5.41) is 0.769. The van der Waals surface area contributed by atoms with Crippen LogP contribution in [0.2, 0.25) is 5.02 Å². The summed E-state index contributed by atoms with van der Waals surface area (Å²) in [6.07, 6.45) is 11.8. The van der Waals surface area contributed by atoms with Crippen molar-refractivity contribution in [1.82, 2.24) is 0 Å². The molecular formula is C21H31ClO. The van der Waals surface area contributed by atoms with Gasteiger partial charge in [0.05, 0.1) is 0 Å². The van der Waals surface area contributed by atoms with Gasteiger partial charge in [0.1, 0.15) is 6.29 Å². The van der Waals surface area contributed by atoms with Crippen molar-refractivity contribution in [3.05, 3.63) is 47.0 Å². The molecule has 0 fully saturated rings. The van der Waals surface area contributed by atoms with E-state index in [-0.39, 0.29) is 10.8 Å². The van der Waals surface area contributed by atoms with Gasteiger partial charge in [-0.25, -0.2) is 0 Å². The van der Waals surface area contributed by atoms with Gasteiger partial charge in [-0.1, -0.05) is 82.8 Å². The number of hydrogen-bond acceptors (Lipinski definition) is 1. The molecule has 0 radical (unpaired) electrons. The van der Waals surface area contributed by atoms with Gasteiger partial charge in [-0.2, -0.15) is 0 Å². The van der Waals surface area contributed by atoms with E-state index in [1.165, 1.54) is 5.56 Å². The van der Waals surface area contributed by atoms with E-state index in [2.05, 4.69) is 52.0 Å². The zero-order valence-electron chi connectivity index (χ0n) is 15.1. The molecule has 128 valence electrons. The molecule has 0 spiro atoms. The molecule has 2 atom stereocenters. The summed E-state index contributed by atoms with van der Waals surface area (Å²) in [5.74, 6) is 0. The summed E-state index contributed by atoms with van der Waals surface area (Å²) >= 11 is 6.03. The maximum atomic E-state index is 11.1. The number of unbranched alkanes of at least 4 members (excludes halogenated alkanes) is 1. The number of allylic oxidation sites excluding steroid dienone is 2. The van der Waals surface area contributed by atoms with Gasteiger partial charge >= 0.3 is 0 Å². The third-order valence-electron chi connectivity index (χ3n) is 4.78. The first-order chi connectivity index (χ1) is 10.9. The van der Waals surface area contributed by atoms with Gasteiger partial charge in [0.2, 0.25) is 0 Å². The molecule has 23 heavy (non-hydrogen) atoms. The van der Waals surface area contributed by atoms with Crippen LogP contribution in [0.4, 0.5) is 0 Å². The van der Waals surface area contributed by atoms with Gasteiger partial charge in [-0.15, -0.1) is 0 Å². The summed E-state index contributed by atoms with van der Waals surface area (Å²) in [4.78, 5) is 11.1. The molecule has 2 heteroatoms. The van der Waals surface area contributed by atoms with Crippen LogP contribution in [0.5, 0.6) is 0 Å². The Morgan fingerprint density at radius 3 is 2.17 bits per heavy atom. The minimum atomic E-state index is -0.0425. The fourth-order valence-electron chi connectivity index (χ4n) is 3.08. The number of carbonyl (C=O) groups excluding carboxylic acids is 1. The van der Waals surface area contributed by atoms with E-state index in [0.29, 0.717) is 6.42 Å². The van der Waals surface area contributed by atoms with E-state index in [4.69, 9.17) is 11.6 Å². The molecule has 1 aromatic rings. The predicted molar refractivity (Wildman–Crippen MR) is 101 cm³/mol. The number of benzene rings is 1. The van der Waals surface area contributed by atoms with Crippen LogP contribution in [-0.4, -0.2) is 6.29 Å². The first-order valence-corrected chi connectivity index (χ1v) is 9.17.